The Balaban J connectivity index is 1.28. The molecule has 0 spiro atoms. The lowest BCUT2D eigenvalue weighted by Gasteiger charge is -2.27. The smallest absolute Gasteiger partial charge is 0.379 e. The zero-order valence-corrected chi connectivity index (χ0v) is 24.9. The second-order valence-corrected chi connectivity index (χ2v) is 10.8. The maximum atomic E-state index is 13.1. The van der Waals surface area contributed by atoms with E-state index < -0.39 is 11.9 Å². The van der Waals surface area contributed by atoms with Gasteiger partial charge in [-0.15, -0.1) is 0 Å². The van der Waals surface area contributed by atoms with Crippen molar-refractivity contribution in [3.63, 3.8) is 0 Å². The van der Waals surface area contributed by atoms with Crippen LogP contribution < -0.4 is 24.7 Å². The molecule has 1 aliphatic heterocycles. The van der Waals surface area contributed by atoms with E-state index in [0.29, 0.717) is 45.6 Å². The van der Waals surface area contributed by atoms with E-state index in [-0.39, 0.29) is 23.0 Å². The maximum Gasteiger partial charge on any atom is 0.379 e. The van der Waals surface area contributed by atoms with Crippen LogP contribution in [0.1, 0.15) is 44.3 Å². The van der Waals surface area contributed by atoms with Gasteiger partial charge in [-0.2, -0.15) is 5.26 Å². The number of halogens is 1. The fourth-order valence-electron chi connectivity index (χ4n) is 5.21. The van der Waals surface area contributed by atoms with E-state index in [1.165, 1.54) is 5.56 Å². The summed E-state index contributed by atoms with van der Waals surface area (Å²) in [5.41, 5.74) is 11.2. The summed E-state index contributed by atoms with van der Waals surface area (Å²) in [6.07, 6.45) is 0. The third-order valence-electron chi connectivity index (χ3n) is 7.52. The molecule has 0 saturated heterocycles. The summed E-state index contributed by atoms with van der Waals surface area (Å²) < 4.78 is 28.9. The van der Waals surface area contributed by atoms with Crippen molar-refractivity contribution in [2.75, 3.05) is 7.11 Å². The Labute approximate surface area is 258 Å². The van der Waals surface area contributed by atoms with Gasteiger partial charge in [0.05, 0.1) is 13.0 Å². The van der Waals surface area contributed by atoms with Gasteiger partial charge < -0.3 is 29.1 Å². The molecule has 9 heteroatoms. The quantitative estimate of drug-likeness (QED) is 0.148. The first kappa shape index (κ1) is 28.7. The number of hydrogen-bond acceptors (Lipinski definition) is 8. The monoisotopic (exact) mass is 606 g/mol. The summed E-state index contributed by atoms with van der Waals surface area (Å²) in [6, 6.07) is 25.8. The van der Waals surface area contributed by atoms with Crippen LogP contribution in [0, 0.1) is 25.2 Å². The molecule has 1 aliphatic rings. The number of hydrogen-bond donors (Lipinski definition) is 1. The summed E-state index contributed by atoms with van der Waals surface area (Å²) >= 11 is 6.11. The van der Waals surface area contributed by atoms with Gasteiger partial charge in [-0.1, -0.05) is 53.6 Å². The number of esters is 1. The van der Waals surface area contributed by atoms with Crippen LogP contribution in [0.25, 0.3) is 11.0 Å². The van der Waals surface area contributed by atoms with Crippen molar-refractivity contribution in [3.05, 3.63) is 129 Å². The number of nitrogens with two attached hydrogens (primary N) is 1. The predicted molar refractivity (Wildman–Crippen MR) is 165 cm³/mol. The lowest BCUT2D eigenvalue weighted by atomic mass is 9.83. The summed E-state index contributed by atoms with van der Waals surface area (Å²) in [4.78, 5) is 13.1. The van der Waals surface area contributed by atoms with E-state index >= 15 is 0 Å². The zero-order valence-electron chi connectivity index (χ0n) is 24.1. The summed E-state index contributed by atoms with van der Waals surface area (Å²) in [5, 5.41) is 11.3. The third-order valence-corrected chi connectivity index (χ3v) is 7.76. The maximum absolute atomic E-state index is 13.1. The molecule has 2 N–H and O–H groups in total. The van der Waals surface area contributed by atoms with E-state index in [4.69, 9.17) is 40.7 Å². The number of carbonyl (C=O) groups is 1. The average molecular weight is 607 g/mol. The Morgan fingerprint density at radius 1 is 1.00 bits per heavy atom. The van der Waals surface area contributed by atoms with Gasteiger partial charge in [-0.05, 0) is 61.4 Å². The van der Waals surface area contributed by atoms with Gasteiger partial charge in [0.15, 0.2) is 11.5 Å². The molecule has 0 radical (unpaired) electrons. The van der Waals surface area contributed by atoms with Gasteiger partial charge in [0.1, 0.15) is 35.3 Å². The molecule has 1 unspecified atom stereocenters. The number of rotatable bonds is 7. The molecule has 5 aromatic rings. The number of fused-ring (bicyclic) bond motifs is 2. The zero-order chi connectivity index (χ0) is 31.0. The van der Waals surface area contributed by atoms with Gasteiger partial charge in [0.2, 0.25) is 11.6 Å². The number of methoxy groups -OCH3 is 1. The molecule has 8 nitrogen and oxygen atoms in total. The van der Waals surface area contributed by atoms with Crippen LogP contribution >= 0.6 is 11.6 Å². The van der Waals surface area contributed by atoms with Crippen molar-refractivity contribution in [1.82, 2.24) is 0 Å². The van der Waals surface area contributed by atoms with E-state index in [1.807, 2.05) is 49.4 Å². The number of ether oxygens (including phenoxy) is 4. The highest BCUT2D eigenvalue weighted by molar-refractivity contribution is 6.31. The minimum absolute atomic E-state index is 0.0443. The predicted octanol–water partition coefficient (Wildman–Crippen LogP) is 7.73. The van der Waals surface area contributed by atoms with Crippen molar-refractivity contribution in [3.8, 4) is 29.1 Å². The van der Waals surface area contributed by atoms with E-state index in [1.54, 1.807) is 50.4 Å². The molecule has 0 fully saturated rings. The number of benzene rings is 4. The fraction of sp³-hybridized carbons (Fsp3) is 0.143. The van der Waals surface area contributed by atoms with Gasteiger partial charge in [0, 0.05) is 27.6 Å². The SMILES string of the molecule is COc1cc(C2C(C#N)=C(N)Oc3cc(OC(=O)c4oc5ccc(Cl)cc5c4C)ccc32)ccc1OCc1ccc(C)cc1. The molecule has 1 aromatic heterocycles. The van der Waals surface area contributed by atoms with Gasteiger partial charge in [0.25, 0.3) is 0 Å². The van der Waals surface area contributed by atoms with Crippen LogP contribution in [0.2, 0.25) is 5.02 Å². The highest BCUT2D eigenvalue weighted by atomic mass is 35.5. The molecule has 0 amide bonds. The minimum Gasteiger partial charge on any atom is -0.493 e. The average Bonchev–Trinajstić information content (AvgIpc) is 3.35. The molecule has 220 valence electrons. The summed E-state index contributed by atoms with van der Waals surface area (Å²) in [5.74, 6) is 0.431. The molecule has 4 aromatic carbocycles. The highest BCUT2D eigenvalue weighted by Gasteiger charge is 2.32. The molecule has 2 heterocycles. The number of furan rings is 1. The van der Waals surface area contributed by atoms with Gasteiger partial charge in [-0.25, -0.2) is 4.79 Å². The Bertz CT molecular complexity index is 1990. The molecule has 0 bridgehead atoms. The molecule has 1 atom stereocenters. The molecule has 44 heavy (non-hydrogen) atoms. The summed E-state index contributed by atoms with van der Waals surface area (Å²) in [6.45, 7) is 4.17. The first-order chi connectivity index (χ1) is 21.2. The molecule has 0 saturated carbocycles. The van der Waals surface area contributed by atoms with Crippen LogP contribution in [0.5, 0.6) is 23.0 Å². The molecular weight excluding hydrogens is 580 g/mol. The Hall–Kier alpha value is -5.39. The first-order valence-corrected chi connectivity index (χ1v) is 14.1. The van der Waals surface area contributed by atoms with Crippen molar-refractivity contribution >= 4 is 28.5 Å². The topological polar surface area (TPSA) is 117 Å². The number of aryl methyl sites for hydroxylation is 2. The van der Waals surface area contributed by atoms with E-state index in [2.05, 4.69) is 6.07 Å². The third kappa shape index (κ3) is 5.41. The molecule has 6 rings (SSSR count). The Morgan fingerprint density at radius 2 is 1.80 bits per heavy atom. The Kier molecular flexibility index (Phi) is 7.64. The number of carbonyl (C=O) groups excluding carboxylic acids is 1. The van der Waals surface area contributed by atoms with E-state index in [0.717, 1.165) is 16.5 Å². The standard InChI is InChI=1S/C35H27ClN2O6/c1-19-4-6-21(7-5-19)18-41-29-12-8-22(14-31(29)40-3)32-25-11-10-24(16-30(25)44-34(38)27(32)17-37)42-35(39)33-20(2)26-15-23(36)9-13-28(26)43-33/h4-16,32H,18,38H2,1-3H3. The normalized spacial score (nSPS) is 14.0. The van der Waals surface area contributed by atoms with Crippen LogP contribution in [0.15, 0.2) is 94.7 Å². The van der Waals surface area contributed by atoms with Gasteiger partial charge >= 0.3 is 5.97 Å². The number of allylic oxidation sites excluding steroid dienone is 1. The van der Waals surface area contributed by atoms with Crippen molar-refractivity contribution in [2.45, 2.75) is 26.4 Å². The van der Waals surface area contributed by atoms with Crippen molar-refractivity contribution in [2.24, 2.45) is 5.73 Å². The number of nitrogens with zero attached hydrogens (tertiary/aromatic N) is 1. The highest BCUT2D eigenvalue weighted by Crippen LogP contribution is 2.45. The second kappa shape index (κ2) is 11.7. The van der Waals surface area contributed by atoms with Crippen molar-refractivity contribution in [1.29, 1.82) is 5.26 Å². The minimum atomic E-state index is -0.672. The van der Waals surface area contributed by atoms with Crippen molar-refractivity contribution < 1.29 is 28.2 Å². The molecule has 0 aliphatic carbocycles. The lowest BCUT2D eigenvalue weighted by Crippen LogP contribution is -2.21. The first-order valence-electron chi connectivity index (χ1n) is 13.7. The van der Waals surface area contributed by atoms with Gasteiger partial charge in [-0.3, -0.25) is 0 Å². The summed E-state index contributed by atoms with van der Waals surface area (Å²) in [7, 11) is 1.56. The lowest BCUT2D eigenvalue weighted by molar-refractivity contribution is 0.0702. The van der Waals surface area contributed by atoms with Crippen LogP contribution in [0.4, 0.5) is 0 Å². The Morgan fingerprint density at radius 3 is 2.55 bits per heavy atom. The van der Waals surface area contributed by atoms with E-state index in [9.17, 15) is 10.1 Å². The molecular formula is C35H27ClN2O6. The fourth-order valence-corrected chi connectivity index (χ4v) is 5.38. The van der Waals surface area contributed by atoms with Crippen LogP contribution in [-0.4, -0.2) is 13.1 Å². The largest absolute Gasteiger partial charge is 0.493 e. The second-order valence-electron chi connectivity index (χ2n) is 10.4. The number of nitriles is 1. The van der Waals surface area contributed by atoms with Crippen LogP contribution in [0.3, 0.4) is 0 Å². The van der Waals surface area contributed by atoms with Crippen LogP contribution in [-0.2, 0) is 6.61 Å².